The van der Waals surface area contributed by atoms with E-state index in [0.29, 0.717) is 11.8 Å². The fourth-order valence-corrected chi connectivity index (χ4v) is 4.96. The molecule has 0 aromatic heterocycles. The van der Waals surface area contributed by atoms with Gasteiger partial charge < -0.3 is 9.47 Å². The molecule has 0 amide bonds. The summed E-state index contributed by atoms with van der Waals surface area (Å²) < 4.78 is 12.7. The van der Waals surface area contributed by atoms with Gasteiger partial charge in [-0.25, -0.2) is 9.98 Å². The molecule has 4 atom stereocenters. The van der Waals surface area contributed by atoms with Crippen LogP contribution in [0.4, 0.5) is 0 Å². The first kappa shape index (κ1) is 16.1. The number of aliphatic imine (C=N–C) groups is 2. The highest BCUT2D eigenvalue weighted by Crippen LogP contribution is 2.44. The summed E-state index contributed by atoms with van der Waals surface area (Å²) in [6.45, 7) is 4.16. The summed E-state index contributed by atoms with van der Waals surface area (Å²) in [6, 6.07) is 17.2. The summed E-state index contributed by atoms with van der Waals surface area (Å²) in [5, 5.41) is 0. The van der Waals surface area contributed by atoms with Crippen molar-refractivity contribution in [3.05, 3.63) is 81.9 Å². The number of hydrogen-bond donors (Lipinski definition) is 0. The highest BCUT2D eigenvalue weighted by atomic mass is 16.5. The maximum absolute atomic E-state index is 6.33. The number of hydrogen-bond acceptors (Lipinski definition) is 4. The molecule has 2 aromatic rings. The monoisotopic (exact) mass is 370 g/mol. The molecule has 0 fully saturated rings. The standard InChI is InChI=1S/C24H22N2O2/c1-13(2)20(23-25-21-16-9-5-3-7-14(16)11-18(21)27-23)24-26-22-17-10-6-4-8-15(17)12-19(22)28-24/h3-10,18-19,21-22H,11-12H2,1-2H3/t18-,19-,21+,22+/m1/s1. The van der Waals surface area contributed by atoms with E-state index in [1.54, 1.807) is 0 Å². The van der Waals surface area contributed by atoms with Gasteiger partial charge in [-0.05, 0) is 36.1 Å². The second-order valence-electron chi connectivity index (χ2n) is 8.25. The Kier molecular flexibility index (Phi) is 3.34. The van der Waals surface area contributed by atoms with Crippen LogP contribution in [0, 0.1) is 0 Å². The van der Waals surface area contributed by atoms with E-state index in [0.717, 1.165) is 24.0 Å². The Labute approximate surface area is 164 Å². The molecule has 0 spiro atoms. The molecule has 2 aromatic carbocycles. The van der Waals surface area contributed by atoms with Crippen molar-refractivity contribution in [2.75, 3.05) is 0 Å². The molecule has 4 aliphatic rings. The third kappa shape index (κ3) is 2.24. The summed E-state index contributed by atoms with van der Waals surface area (Å²) in [5.74, 6) is 1.38. The van der Waals surface area contributed by atoms with Crippen LogP contribution in [0.1, 0.15) is 48.2 Å². The third-order valence-electron chi connectivity index (χ3n) is 6.26. The van der Waals surface area contributed by atoms with Crippen LogP contribution in [-0.4, -0.2) is 24.0 Å². The molecule has 2 aliphatic heterocycles. The van der Waals surface area contributed by atoms with Crippen LogP contribution in [-0.2, 0) is 22.3 Å². The van der Waals surface area contributed by atoms with E-state index in [4.69, 9.17) is 19.5 Å². The second-order valence-corrected chi connectivity index (χ2v) is 8.25. The SMILES string of the molecule is CC(C)=C(C1=N[C@H]2c3ccccc3C[C@H]2O1)C1=N[C@H]2c3ccccc3C[C@H]2O1. The van der Waals surface area contributed by atoms with Crippen molar-refractivity contribution in [1.29, 1.82) is 0 Å². The lowest BCUT2D eigenvalue weighted by atomic mass is 10.1. The largest absolute Gasteiger partial charge is 0.471 e. The Bertz CT molecular complexity index is 998. The average molecular weight is 370 g/mol. The Morgan fingerprint density at radius 2 is 1.21 bits per heavy atom. The Morgan fingerprint density at radius 3 is 1.68 bits per heavy atom. The summed E-state index contributed by atoms with van der Waals surface area (Å²) in [7, 11) is 0. The zero-order chi connectivity index (χ0) is 18.8. The van der Waals surface area contributed by atoms with Gasteiger partial charge in [-0.1, -0.05) is 54.1 Å². The summed E-state index contributed by atoms with van der Waals surface area (Å²) in [4.78, 5) is 9.94. The first-order valence-electron chi connectivity index (χ1n) is 10.0. The number of allylic oxidation sites excluding steroid dienone is 1. The van der Waals surface area contributed by atoms with E-state index in [1.165, 1.54) is 22.3 Å². The van der Waals surface area contributed by atoms with Gasteiger partial charge in [0, 0.05) is 12.8 Å². The molecule has 4 heteroatoms. The second kappa shape index (κ2) is 5.81. The maximum atomic E-state index is 6.33. The summed E-state index contributed by atoms with van der Waals surface area (Å²) in [5.41, 5.74) is 7.32. The van der Waals surface area contributed by atoms with Crippen LogP contribution in [0.15, 0.2) is 69.7 Å². The van der Waals surface area contributed by atoms with Gasteiger partial charge in [-0.15, -0.1) is 0 Å². The van der Waals surface area contributed by atoms with E-state index < -0.39 is 0 Å². The Morgan fingerprint density at radius 1 is 0.750 bits per heavy atom. The summed E-state index contributed by atoms with van der Waals surface area (Å²) >= 11 is 0. The lowest BCUT2D eigenvalue weighted by Crippen LogP contribution is -2.21. The van der Waals surface area contributed by atoms with Crippen LogP contribution in [0.5, 0.6) is 0 Å². The molecule has 0 radical (unpaired) electrons. The number of ether oxygens (including phenoxy) is 2. The van der Waals surface area contributed by atoms with Gasteiger partial charge in [-0.3, -0.25) is 0 Å². The smallest absolute Gasteiger partial charge is 0.222 e. The molecule has 0 saturated carbocycles. The quantitative estimate of drug-likeness (QED) is 0.780. The fraction of sp³-hybridized carbons (Fsp3) is 0.333. The van der Waals surface area contributed by atoms with Crippen LogP contribution in [0.3, 0.4) is 0 Å². The molecule has 0 N–H and O–H groups in total. The Balaban J connectivity index is 1.35. The Hall–Kier alpha value is -2.88. The molecular formula is C24H22N2O2. The molecule has 2 heterocycles. The number of rotatable bonds is 2. The van der Waals surface area contributed by atoms with E-state index >= 15 is 0 Å². The van der Waals surface area contributed by atoms with Crippen molar-refractivity contribution >= 4 is 11.8 Å². The number of benzene rings is 2. The summed E-state index contributed by atoms with van der Waals surface area (Å²) in [6.07, 6.45) is 2.00. The van der Waals surface area contributed by atoms with Crippen molar-refractivity contribution < 1.29 is 9.47 Å². The molecule has 28 heavy (non-hydrogen) atoms. The molecule has 140 valence electrons. The van der Waals surface area contributed by atoms with Crippen molar-refractivity contribution in [2.45, 2.75) is 51.0 Å². The van der Waals surface area contributed by atoms with Crippen LogP contribution < -0.4 is 0 Å². The number of fused-ring (bicyclic) bond motifs is 6. The highest BCUT2D eigenvalue weighted by Gasteiger charge is 2.44. The van der Waals surface area contributed by atoms with Crippen LogP contribution in [0.2, 0.25) is 0 Å². The zero-order valence-corrected chi connectivity index (χ0v) is 16.1. The van der Waals surface area contributed by atoms with Gasteiger partial charge in [0.05, 0.1) is 5.57 Å². The molecule has 6 rings (SSSR count). The third-order valence-corrected chi connectivity index (χ3v) is 6.26. The van der Waals surface area contributed by atoms with E-state index in [9.17, 15) is 0 Å². The molecule has 2 aliphatic carbocycles. The molecule has 0 bridgehead atoms. The first-order chi connectivity index (χ1) is 13.7. The van der Waals surface area contributed by atoms with Gasteiger partial charge in [0.15, 0.2) is 0 Å². The highest BCUT2D eigenvalue weighted by molar-refractivity contribution is 6.20. The minimum absolute atomic E-state index is 0.0859. The van der Waals surface area contributed by atoms with Crippen molar-refractivity contribution in [1.82, 2.24) is 0 Å². The predicted molar refractivity (Wildman–Crippen MR) is 109 cm³/mol. The van der Waals surface area contributed by atoms with Crippen molar-refractivity contribution in [2.24, 2.45) is 9.98 Å². The fourth-order valence-electron chi connectivity index (χ4n) is 4.96. The van der Waals surface area contributed by atoms with Gasteiger partial charge in [0.2, 0.25) is 11.8 Å². The molecule has 4 nitrogen and oxygen atoms in total. The molecule has 0 saturated heterocycles. The molecular weight excluding hydrogens is 348 g/mol. The van der Waals surface area contributed by atoms with Gasteiger partial charge in [0.25, 0.3) is 0 Å². The van der Waals surface area contributed by atoms with Gasteiger partial charge in [0.1, 0.15) is 24.3 Å². The normalized spacial score (nSPS) is 28.4. The topological polar surface area (TPSA) is 43.2 Å². The van der Waals surface area contributed by atoms with E-state index in [2.05, 4.69) is 62.4 Å². The van der Waals surface area contributed by atoms with Crippen LogP contribution in [0.25, 0.3) is 0 Å². The molecule has 0 unspecified atom stereocenters. The van der Waals surface area contributed by atoms with E-state index in [-0.39, 0.29) is 24.3 Å². The predicted octanol–water partition coefficient (Wildman–Crippen LogP) is 4.51. The van der Waals surface area contributed by atoms with Gasteiger partial charge in [-0.2, -0.15) is 0 Å². The first-order valence-corrected chi connectivity index (χ1v) is 10.0. The zero-order valence-electron chi connectivity index (χ0n) is 16.1. The lowest BCUT2D eigenvalue weighted by Gasteiger charge is -2.14. The minimum Gasteiger partial charge on any atom is -0.471 e. The van der Waals surface area contributed by atoms with Gasteiger partial charge >= 0.3 is 0 Å². The van der Waals surface area contributed by atoms with Crippen LogP contribution >= 0.6 is 0 Å². The average Bonchev–Trinajstić information content (AvgIpc) is 3.40. The van der Waals surface area contributed by atoms with Crippen molar-refractivity contribution in [3.8, 4) is 0 Å². The van der Waals surface area contributed by atoms with E-state index in [1.807, 2.05) is 0 Å². The maximum Gasteiger partial charge on any atom is 0.222 e. The van der Waals surface area contributed by atoms with Crippen molar-refractivity contribution in [3.63, 3.8) is 0 Å². The lowest BCUT2D eigenvalue weighted by molar-refractivity contribution is 0.199. The number of nitrogens with zero attached hydrogens (tertiary/aromatic N) is 2. The minimum atomic E-state index is 0.0859.